The third kappa shape index (κ3) is 2.27. The summed E-state index contributed by atoms with van der Waals surface area (Å²) in [5.74, 6) is -0.665. The Kier molecular flexibility index (Phi) is 2.90. The van der Waals surface area contributed by atoms with Crippen LogP contribution in [0, 0.1) is 0 Å². The van der Waals surface area contributed by atoms with Crippen LogP contribution in [0.4, 0.5) is 0 Å². The molecule has 2 fully saturated rings. The van der Waals surface area contributed by atoms with Gasteiger partial charge in [-0.25, -0.2) is 0 Å². The summed E-state index contributed by atoms with van der Waals surface area (Å²) >= 11 is 4.95. The molecule has 0 aromatic rings. The molecule has 5 heteroatoms. The van der Waals surface area contributed by atoms with Gasteiger partial charge in [0.1, 0.15) is 17.8 Å². The zero-order chi connectivity index (χ0) is 14.3. The normalized spacial score (nSPS) is 47.1. The van der Waals surface area contributed by atoms with E-state index in [0.29, 0.717) is 6.42 Å². The van der Waals surface area contributed by atoms with Crippen LogP contribution < -0.4 is 0 Å². The van der Waals surface area contributed by atoms with Crippen LogP contribution in [-0.4, -0.2) is 48.7 Å². The smallest absolute Gasteiger partial charge is 0.164 e. The molecule has 0 spiro atoms. The Morgan fingerprint density at radius 1 is 1.53 bits per heavy atom. The van der Waals surface area contributed by atoms with Gasteiger partial charge in [-0.3, -0.25) is 0 Å². The summed E-state index contributed by atoms with van der Waals surface area (Å²) < 4.78 is 37.2. The monoisotopic (exact) mass is 263 g/mol. The van der Waals surface area contributed by atoms with Crippen LogP contribution in [0.15, 0.2) is 0 Å². The van der Waals surface area contributed by atoms with Crippen LogP contribution in [0.5, 0.6) is 0 Å². The van der Waals surface area contributed by atoms with Gasteiger partial charge < -0.3 is 18.9 Å². The van der Waals surface area contributed by atoms with Gasteiger partial charge in [0.25, 0.3) is 0 Å². The fraction of sp³-hybridized carbons (Fsp3) is 0.917. The number of thiocarbonyl (C=S) groups is 1. The average Bonchev–Trinajstić information content (AvgIpc) is 2.73. The zero-order valence-electron chi connectivity index (χ0n) is 12.3. The lowest BCUT2D eigenvalue weighted by Gasteiger charge is -2.33. The maximum Gasteiger partial charge on any atom is 0.164 e. The summed E-state index contributed by atoms with van der Waals surface area (Å²) in [5.41, 5.74) is -0.764. The van der Waals surface area contributed by atoms with E-state index in [0.717, 1.165) is 0 Å². The molecule has 0 amide bonds. The Bertz CT molecular complexity index is 353. The maximum absolute atomic E-state index is 7.16. The standard InChI is InChI=1S/C12H20O4S/c1-8-9-10(16-11(2,3)15-9)12(14-8,5-6-17)7-13-4/h6,8-10H,5,7H2,1-4H3/t8?,9-,10-,12?/m1/s1/i4TD/t4?,8?,9-,10-,12?. The van der Waals surface area contributed by atoms with Crippen molar-refractivity contribution >= 4 is 17.6 Å². The molecule has 0 aromatic carbocycles. The van der Waals surface area contributed by atoms with E-state index in [-0.39, 0.29) is 24.9 Å². The van der Waals surface area contributed by atoms with Gasteiger partial charge in [0.05, 0.1) is 15.5 Å². The van der Waals surface area contributed by atoms with Gasteiger partial charge in [0.2, 0.25) is 0 Å². The molecule has 98 valence electrons. The van der Waals surface area contributed by atoms with Crippen LogP contribution in [0.1, 0.15) is 29.9 Å². The number of hydrogen-bond donors (Lipinski definition) is 0. The highest BCUT2D eigenvalue weighted by atomic mass is 32.1. The van der Waals surface area contributed by atoms with Crippen molar-refractivity contribution in [2.45, 2.75) is 56.9 Å². The molecule has 4 nitrogen and oxygen atoms in total. The fourth-order valence-electron chi connectivity index (χ4n) is 2.66. The summed E-state index contributed by atoms with van der Waals surface area (Å²) in [6, 6.07) is 0. The van der Waals surface area contributed by atoms with Crippen LogP contribution in [0.25, 0.3) is 0 Å². The van der Waals surface area contributed by atoms with E-state index < -0.39 is 18.5 Å². The second kappa shape index (κ2) is 4.55. The molecule has 17 heavy (non-hydrogen) atoms. The minimum atomic E-state index is -1.35. The SMILES string of the molecule is [2H]C([3H])OCC1(CC=S)OC(C)[C@H]2OC(C)(C)O[C@H]21. The molecule has 2 saturated heterocycles. The first-order valence-electron chi connectivity index (χ1n) is 6.88. The first kappa shape index (κ1) is 10.8. The van der Waals surface area contributed by atoms with Crippen molar-refractivity contribution < 1.29 is 21.7 Å². The van der Waals surface area contributed by atoms with E-state index in [1.54, 1.807) is 5.37 Å². The molecular formula is C12H20O4S. The number of rotatable bonds is 4. The summed E-state index contributed by atoms with van der Waals surface area (Å²) in [5, 5.41) is 1.58. The van der Waals surface area contributed by atoms with Crippen LogP contribution in [0.3, 0.4) is 0 Å². The highest BCUT2D eigenvalue weighted by Gasteiger charge is 2.61. The van der Waals surface area contributed by atoms with Gasteiger partial charge in [-0.2, -0.15) is 0 Å². The molecule has 0 aliphatic carbocycles. The minimum absolute atomic E-state index is 0.1000. The average molecular weight is 263 g/mol. The van der Waals surface area contributed by atoms with Gasteiger partial charge >= 0.3 is 0 Å². The summed E-state index contributed by atoms with van der Waals surface area (Å²) in [6.07, 6.45) is -0.154. The molecule has 0 N–H and O–H groups in total. The van der Waals surface area contributed by atoms with Crippen molar-refractivity contribution in [3.05, 3.63) is 0 Å². The predicted octanol–water partition coefficient (Wildman–Crippen LogP) is 1.70. The number of hydrogen-bond acceptors (Lipinski definition) is 5. The van der Waals surface area contributed by atoms with Crippen LogP contribution >= 0.6 is 12.2 Å². The first-order chi connectivity index (χ1) is 8.80. The van der Waals surface area contributed by atoms with Gasteiger partial charge in [-0.15, -0.1) is 0 Å². The highest BCUT2D eigenvalue weighted by Crippen LogP contribution is 2.45. The van der Waals surface area contributed by atoms with E-state index >= 15 is 0 Å². The van der Waals surface area contributed by atoms with E-state index in [1.807, 2.05) is 20.8 Å². The largest absolute Gasteiger partial charge is 0.382 e. The third-order valence-electron chi connectivity index (χ3n) is 3.29. The molecule has 0 bridgehead atoms. The van der Waals surface area contributed by atoms with E-state index in [2.05, 4.69) is 0 Å². The van der Waals surface area contributed by atoms with Crippen molar-refractivity contribution in [3.8, 4) is 0 Å². The van der Waals surface area contributed by atoms with Crippen molar-refractivity contribution in [1.29, 1.82) is 0 Å². The number of ether oxygens (including phenoxy) is 4. The Hall–Kier alpha value is -0.0700. The molecule has 2 aliphatic rings. The highest BCUT2D eigenvalue weighted by molar-refractivity contribution is 7.78. The summed E-state index contributed by atoms with van der Waals surface area (Å²) in [6.45, 7) is 5.74. The lowest BCUT2D eigenvalue weighted by Crippen LogP contribution is -2.47. The molecular weight excluding hydrogens is 240 g/mol. The molecule has 3 unspecified atom stereocenters. The van der Waals surface area contributed by atoms with Gasteiger partial charge in [0.15, 0.2) is 5.79 Å². The molecule has 0 aromatic heterocycles. The van der Waals surface area contributed by atoms with Gasteiger partial charge in [-0.1, -0.05) is 12.2 Å². The third-order valence-corrected chi connectivity index (χ3v) is 3.45. The van der Waals surface area contributed by atoms with Crippen LogP contribution in [-0.2, 0) is 18.9 Å². The second-order valence-electron chi connectivity index (χ2n) is 5.09. The van der Waals surface area contributed by atoms with E-state index in [9.17, 15) is 0 Å². The van der Waals surface area contributed by atoms with Crippen molar-refractivity contribution in [2.24, 2.45) is 0 Å². The molecule has 2 aliphatic heterocycles. The van der Waals surface area contributed by atoms with Crippen molar-refractivity contribution in [1.82, 2.24) is 0 Å². The topological polar surface area (TPSA) is 36.9 Å². The van der Waals surface area contributed by atoms with E-state index in [1.165, 1.54) is 0 Å². The van der Waals surface area contributed by atoms with Crippen molar-refractivity contribution in [2.75, 3.05) is 13.7 Å². The summed E-state index contributed by atoms with van der Waals surface area (Å²) in [7, 11) is -1.35. The minimum Gasteiger partial charge on any atom is -0.382 e. The zero-order valence-corrected chi connectivity index (χ0v) is 11.2. The van der Waals surface area contributed by atoms with Gasteiger partial charge in [-0.05, 0) is 26.1 Å². The summed E-state index contributed by atoms with van der Waals surface area (Å²) in [4.78, 5) is 0. The molecule has 0 radical (unpaired) electrons. The Labute approximate surface area is 110 Å². The number of fused-ring (bicyclic) bond motifs is 1. The fourth-order valence-corrected chi connectivity index (χ4v) is 2.95. The lowest BCUT2D eigenvalue weighted by molar-refractivity contribution is -0.213. The number of methoxy groups -OCH3 is 1. The Morgan fingerprint density at radius 3 is 2.94 bits per heavy atom. The quantitative estimate of drug-likeness (QED) is 0.722. The van der Waals surface area contributed by atoms with Gasteiger partial charge in [0, 0.05) is 13.5 Å². The van der Waals surface area contributed by atoms with Crippen molar-refractivity contribution in [3.63, 3.8) is 0 Å². The first-order valence-corrected chi connectivity index (χ1v) is 6.20. The Balaban J connectivity index is 2.20. The second-order valence-corrected chi connectivity index (χ2v) is 5.42. The predicted molar refractivity (Wildman–Crippen MR) is 67.3 cm³/mol. The maximum atomic E-state index is 7.16. The molecule has 0 saturated carbocycles. The Morgan fingerprint density at radius 2 is 2.29 bits per heavy atom. The molecule has 2 rings (SSSR count). The molecule has 5 atom stereocenters. The molecule has 2 heterocycles. The van der Waals surface area contributed by atoms with E-state index in [4.69, 9.17) is 33.9 Å². The van der Waals surface area contributed by atoms with Crippen LogP contribution in [0.2, 0.25) is 0 Å². The lowest BCUT2D eigenvalue weighted by atomic mass is 9.93.